The molecule has 0 saturated carbocycles. The predicted octanol–water partition coefficient (Wildman–Crippen LogP) is 2.86. The second-order valence-corrected chi connectivity index (χ2v) is 5.63. The minimum Gasteiger partial charge on any atom is -0.345 e. The molecular formula is C19H14FN5O. The zero-order valence-electron chi connectivity index (χ0n) is 13.6. The number of amides is 1. The van der Waals surface area contributed by atoms with Crippen LogP contribution in [0.15, 0.2) is 66.7 Å². The zero-order chi connectivity index (χ0) is 17.9. The van der Waals surface area contributed by atoms with Gasteiger partial charge in [-0.15, -0.1) is 10.2 Å². The molecule has 0 aliphatic carbocycles. The third-order valence-electron chi connectivity index (χ3n) is 3.92. The van der Waals surface area contributed by atoms with Crippen molar-refractivity contribution in [3.8, 4) is 11.3 Å². The van der Waals surface area contributed by atoms with Gasteiger partial charge in [0, 0.05) is 5.56 Å². The van der Waals surface area contributed by atoms with Crippen LogP contribution in [0.2, 0.25) is 0 Å². The first kappa shape index (κ1) is 15.9. The van der Waals surface area contributed by atoms with Gasteiger partial charge in [0.2, 0.25) is 0 Å². The lowest BCUT2D eigenvalue weighted by Gasteiger charge is -2.06. The van der Waals surface area contributed by atoms with Crippen LogP contribution in [0, 0.1) is 5.82 Å². The number of nitrogens with one attached hydrogen (secondary N) is 1. The van der Waals surface area contributed by atoms with E-state index in [1.807, 2.05) is 42.5 Å². The summed E-state index contributed by atoms with van der Waals surface area (Å²) in [4.78, 5) is 12.2. The van der Waals surface area contributed by atoms with E-state index in [1.165, 1.54) is 18.2 Å². The Bertz CT molecular complexity index is 1080. The molecule has 0 saturated heterocycles. The lowest BCUT2D eigenvalue weighted by atomic mass is 10.1. The molecule has 1 N–H and O–H groups in total. The van der Waals surface area contributed by atoms with Gasteiger partial charge in [-0.05, 0) is 24.3 Å². The van der Waals surface area contributed by atoms with Crippen molar-refractivity contribution in [3.05, 3.63) is 83.9 Å². The number of halogens is 1. The molecule has 0 bridgehead atoms. The Balaban J connectivity index is 1.59. The SMILES string of the molecule is O=C(NCc1nnc2ccc(-c3ccccc3)nn12)c1ccccc1F. The predicted molar refractivity (Wildman–Crippen MR) is 93.8 cm³/mol. The van der Waals surface area contributed by atoms with Crippen LogP contribution in [0.5, 0.6) is 0 Å². The number of rotatable bonds is 4. The molecule has 4 rings (SSSR count). The molecule has 0 spiro atoms. The van der Waals surface area contributed by atoms with E-state index in [0.717, 1.165) is 11.3 Å². The number of benzene rings is 2. The fourth-order valence-electron chi connectivity index (χ4n) is 2.61. The number of hydrogen-bond acceptors (Lipinski definition) is 4. The summed E-state index contributed by atoms with van der Waals surface area (Å²) in [6, 6.07) is 19.2. The minimum atomic E-state index is -0.569. The Morgan fingerprint density at radius 1 is 0.962 bits per heavy atom. The molecule has 0 aliphatic heterocycles. The normalized spacial score (nSPS) is 10.8. The summed E-state index contributed by atoms with van der Waals surface area (Å²) in [7, 11) is 0. The van der Waals surface area contributed by atoms with Crippen molar-refractivity contribution in [3.63, 3.8) is 0 Å². The fraction of sp³-hybridized carbons (Fsp3) is 0.0526. The number of carbonyl (C=O) groups is 1. The lowest BCUT2D eigenvalue weighted by Crippen LogP contribution is -2.25. The monoisotopic (exact) mass is 347 g/mol. The molecule has 0 fully saturated rings. The van der Waals surface area contributed by atoms with E-state index in [4.69, 9.17) is 0 Å². The van der Waals surface area contributed by atoms with Gasteiger partial charge in [-0.25, -0.2) is 4.39 Å². The van der Waals surface area contributed by atoms with Gasteiger partial charge in [-0.1, -0.05) is 42.5 Å². The zero-order valence-corrected chi connectivity index (χ0v) is 13.6. The average Bonchev–Trinajstić information content (AvgIpc) is 3.09. The first-order valence-electron chi connectivity index (χ1n) is 8.02. The molecule has 0 radical (unpaired) electrons. The van der Waals surface area contributed by atoms with Crippen LogP contribution in [0.3, 0.4) is 0 Å². The topological polar surface area (TPSA) is 72.2 Å². The maximum absolute atomic E-state index is 13.7. The first-order valence-corrected chi connectivity index (χ1v) is 8.02. The van der Waals surface area contributed by atoms with E-state index in [2.05, 4.69) is 20.6 Å². The van der Waals surface area contributed by atoms with Gasteiger partial charge in [0.15, 0.2) is 11.5 Å². The average molecular weight is 347 g/mol. The van der Waals surface area contributed by atoms with Crippen LogP contribution in [-0.4, -0.2) is 25.7 Å². The van der Waals surface area contributed by atoms with Crippen LogP contribution in [0.1, 0.15) is 16.2 Å². The molecule has 2 aromatic carbocycles. The third-order valence-corrected chi connectivity index (χ3v) is 3.92. The van der Waals surface area contributed by atoms with E-state index in [1.54, 1.807) is 10.6 Å². The molecule has 6 nitrogen and oxygen atoms in total. The largest absolute Gasteiger partial charge is 0.345 e. The highest BCUT2D eigenvalue weighted by Gasteiger charge is 2.13. The van der Waals surface area contributed by atoms with Crippen molar-refractivity contribution in [1.82, 2.24) is 25.1 Å². The molecule has 0 aliphatic rings. The van der Waals surface area contributed by atoms with Crippen molar-refractivity contribution < 1.29 is 9.18 Å². The third kappa shape index (κ3) is 3.02. The highest BCUT2D eigenvalue weighted by molar-refractivity contribution is 5.94. The number of aromatic nitrogens is 4. The van der Waals surface area contributed by atoms with Gasteiger partial charge < -0.3 is 5.32 Å². The molecule has 1 amide bonds. The molecular weight excluding hydrogens is 333 g/mol. The number of fused-ring (bicyclic) bond motifs is 1. The summed E-state index contributed by atoms with van der Waals surface area (Å²) in [6.07, 6.45) is 0. The molecule has 0 unspecified atom stereocenters. The summed E-state index contributed by atoms with van der Waals surface area (Å²) in [5, 5.41) is 15.3. The summed E-state index contributed by atoms with van der Waals surface area (Å²) in [5.74, 6) is -0.623. The smallest absolute Gasteiger partial charge is 0.254 e. The minimum absolute atomic E-state index is 0.0146. The van der Waals surface area contributed by atoms with Gasteiger partial charge in [0.1, 0.15) is 5.82 Å². The molecule has 4 aromatic rings. The summed E-state index contributed by atoms with van der Waals surface area (Å²) in [6.45, 7) is 0.0829. The van der Waals surface area contributed by atoms with Crippen LogP contribution < -0.4 is 5.32 Å². The maximum atomic E-state index is 13.7. The van der Waals surface area contributed by atoms with E-state index in [0.29, 0.717) is 11.5 Å². The summed E-state index contributed by atoms with van der Waals surface area (Å²) < 4.78 is 15.3. The van der Waals surface area contributed by atoms with Gasteiger partial charge in [0.25, 0.3) is 5.91 Å². The molecule has 2 aromatic heterocycles. The Labute approximate surface area is 148 Å². The van der Waals surface area contributed by atoms with Gasteiger partial charge in [0.05, 0.1) is 17.8 Å². The second kappa shape index (κ2) is 6.72. The van der Waals surface area contributed by atoms with Crippen molar-refractivity contribution in [2.24, 2.45) is 0 Å². The van der Waals surface area contributed by atoms with E-state index < -0.39 is 11.7 Å². The lowest BCUT2D eigenvalue weighted by molar-refractivity contribution is 0.0945. The van der Waals surface area contributed by atoms with E-state index in [-0.39, 0.29) is 12.1 Å². The van der Waals surface area contributed by atoms with E-state index in [9.17, 15) is 9.18 Å². The Morgan fingerprint density at radius 2 is 1.73 bits per heavy atom. The molecule has 26 heavy (non-hydrogen) atoms. The van der Waals surface area contributed by atoms with Crippen LogP contribution >= 0.6 is 0 Å². The number of carbonyl (C=O) groups excluding carboxylic acids is 1. The van der Waals surface area contributed by atoms with Crippen LogP contribution in [-0.2, 0) is 6.54 Å². The van der Waals surface area contributed by atoms with Crippen molar-refractivity contribution in [2.75, 3.05) is 0 Å². The molecule has 7 heteroatoms. The van der Waals surface area contributed by atoms with Crippen molar-refractivity contribution in [2.45, 2.75) is 6.54 Å². The highest BCUT2D eigenvalue weighted by atomic mass is 19.1. The molecule has 0 atom stereocenters. The first-order chi connectivity index (χ1) is 12.7. The Hall–Kier alpha value is -3.61. The van der Waals surface area contributed by atoms with E-state index >= 15 is 0 Å². The van der Waals surface area contributed by atoms with Gasteiger partial charge >= 0.3 is 0 Å². The Kier molecular flexibility index (Phi) is 4.10. The summed E-state index contributed by atoms with van der Waals surface area (Å²) >= 11 is 0. The quantitative estimate of drug-likeness (QED) is 0.616. The van der Waals surface area contributed by atoms with Crippen molar-refractivity contribution >= 4 is 11.6 Å². The maximum Gasteiger partial charge on any atom is 0.254 e. The molecule has 128 valence electrons. The Morgan fingerprint density at radius 3 is 2.54 bits per heavy atom. The van der Waals surface area contributed by atoms with Gasteiger partial charge in [-0.3, -0.25) is 4.79 Å². The number of hydrogen-bond donors (Lipinski definition) is 1. The second-order valence-electron chi connectivity index (χ2n) is 5.63. The standard InChI is InChI=1S/C19H14FN5O/c20-15-9-5-4-8-14(15)19(26)21-12-18-23-22-17-11-10-16(24-25(17)18)13-6-2-1-3-7-13/h1-11H,12H2,(H,21,26). The van der Waals surface area contributed by atoms with Crippen LogP contribution in [0.4, 0.5) is 4.39 Å². The fourth-order valence-corrected chi connectivity index (χ4v) is 2.61. The highest BCUT2D eigenvalue weighted by Crippen LogP contribution is 2.16. The number of nitrogens with zero attached hydrogens (tertiary/aromatic N) is 4. The van der Waals surface area contributed by atoms with Crippen LogP contribution in [0.25, 0.3) is 16.9 Å². The van der Waals surface area contributed by atoms with Crippen molar-refractivity contribution in [1.29, 1.82) is 0 Å². The van der Waals surface area contributed by atoms with Gasteiger partial charge in [-0.2, -0.15) is 9.61 Å². The molecule has 2 heterocycles. The summed E-state index contributed by atoms with van der Waals surface area (Å²) in [5.41, 5.74) is 2.28.